The Morgan fingerprint density at radius 1 is 1.05 bits per heavy atom. The second kappa shape index (κ2) is 11.2. The van der Waals surface area contributed by atoms with E-state index in [1.54, 1.807) is 0 Å². The van der Waals surface area contributed by atoms with Gasteiger partial charge >= 0.3 is 11.9 Å². The van der Waals surface area contributed by atoms with Gasteiger partial charge in [-0.15, -0.1) is 0 Å². The van der Waals surface area contributed by atoms with Crippen molar-refractivity contribution >= 4 is 11.9 Å². The Morgan fingerprint density at radius 3 is 1.65 bits per heavy atom. The molecule has 1 aliphatic heterocycles. The summed E-state index contributed by atoms with van der Waals surface area (Å²) in [4.78, 5) is 18.9. The Labute approximate surface area is 132 Å². The van der Waals surface area contributed by atoms with E-state index in [-0.39, 0.29) is 39.6 Å². The molecule has 0 aliphatic carbocycles. The van der Waals surface area contributed by atoms with Crippen LogP contribution in [-0.4, -0.2) is 47.8 Å². The van der Waals surface area contributed by atoms with Crippen LogP contribution in [0.25, 0.3) is 0 Å². The molecule has 0 amide bonds. The molecule has 0 aromatic carbocycles. The summed E-state index contributed by atoms with van der Waals surface area (Å²) in [6, 6.07) is 0. The number of carboxylic acids is 2. The van der Waals surface area contributed by atoms with Crippen molar-refractivity contribution in [3.63, 3.8) is 0 Å². The molecule has 9 heteroatoms. The van der Waals surface area contributed by atoms with Crippen LogP contribution in [0.2, 0.25) is 0 Å². The molecule has 1 aliphatic rings. The molecule has 1 heterocycles. The smallest absolute Gasteiger partial charge is 0.314 e. The largest absolute Gasteiger partial charge is 0.481 e. The molecular formula is C11H22N2O6Pt. The first-order valence-electron chi connectivity index (χ1n) is 5.96. The standard InChI is InChI=1S/C8H18N2O2.C3H4O4.Pt/c1-5(2)7-11-8(12-7)6(3-9)4-10;4-2(5)1-3(6)7;/h5-8H,3-4,9-10H2,1-2H3;1H2,(H,4,5)(H,6,7);. The molecule has 0 aromatic rings. The summed E-state index contributed by atoms with van der Waals surface area (Å²) >= 11 is 0. The van der Waals surface area contributed by atoms with Gasteiger partial charge in [0.25, 0.3) is 0 Å². The normalized spacial score (nSPS) is 20.5. The molecular weight excluding hydrogens is 451 g/mol. The average molecular weight is 473 g/mol. The Balaban J connectivity index is 0. The Morgan fingerprint density at radius 2 is 1.45 bits per heavy atom. The van der Waals surface area contributed by atoms with Crippen LogP contribution in [0, 0.1) is 11.8 Å². The van der Waals surface area contributed by atoms with Gasteiger partial charge in [-0.2, -0.15) is 0 Å². The molecule has 1 fully saturated rings. The van der Waals surface area contributed by atoms with Crippen LogP contribution in [0.5, 0.6) is 0 Å². The van der Waals surface area contributed by atoms with E-state index in [4.69, 9.17) is 31.2 Å². The fourth-order valence-electron chi connectivity index (χ4n) is 1.26. The number of rotatable bonds is 6. The van der Waals surface area contributed by atoms with Gasteiger partial charge in [-0.3, -0.25) is 9.59 Å². The van der Waals surface area contributed by atoms with Gasteiger partial charge in [0.05, 0.1) is 0 Å². The molecule has 0 bridgehead atoms. The van der Waals surface area contributed by atoms with Crippen molar-refractivity contribution in [1.29, 1.82) is 0 Å². The monoisotopic (exact) mass is 473 g/mol. The first-order valence-corrected chi connectivity index (χ1v) is 5.96. The minimum atomic E-state index is -1.31. The number of carbonyl (C=O) groups is 2. The van der Waals surface area contributed by atoms with Crippen molar-refractivity contribution in [2.45, 2.75) is 32.8 Å². The van der Waals surface area contributed by atoms with Crippen LogP contribution in [0.4, 0.5) is 0 Å². The van der Waals surface area contributed by atoms with Crippen molar-refractivity contribution in [2.24, 2.45) is 23.3 Å². The minimum Gasteiger partial charge on any atom is -0.481 e. The summed E-state index contributed by atoms with van der Waals surface area (Å²) in [5.74, 6) is -2.09. The first kappa shape index (κ1) is 21.8. The van der Waals surface area contributed by atoms with Gasteiger partial charge in [-0.25, -0.2) is 0 Å². The molecule has 0 saturated carbocycles. The molecule has 122 valence electrons. The van der Waals surface area contributed by atoms with Crippen LogP contribution < -0.4 is 11.5 Å². The quantitative estimate of drug-likeness (QED) is 0.375. The molecule has 8 nitrogen and oxygen atoms in total. The van der Waals surface area contributed by atoms with Gasteiger partial charge in [-0.05, 0) is 0 Å². The topological polar surface area (TPSA) is 145 Å². The molecule has 1 saturated heterocycles. The summed E-state index contributed by atoms with van der Waals surface area (Å²) in [5, 5.41) is 15.4. The van der Waals surface area contributed by atoms with Crippen LogP contribution in [0.3, 0.4) is 0 Å². The zero-order chi connectivity index (χ0) is 15.0. The number of nitrogens with two attached hydrogens (primary N) is 2. The predicted octanol–water partition coefficient (Wildman–Crippen LogP) is -0.582. The van der Waals surface area contributed by atoms with E-state index in [2.05, 4.69) is 13.8 Å². The Bertz CT molecular complexity index is 281. The van der Waals surface area contributed by atoms with E-state index in [9.17, 15) is 9.59 Å². The van der Waals surface area contributed by atoms with Crippen LogP contribution in [0.1, 0.15) is 20.3 Å². The van der Waals surface area contributed by atoms with E-state index in [0.717, 1.165) is 0 Å². The molecule has 1 rings (SSSR count). The van der Waals surface area contributed by atoms with Crippen LogP contribution in [0.15, 0.2) is 0 Å². The van der Waals surface area contributed by atoms with Crippen molar-refractivity contribution < 1.29 is 50.3 Å². The van der Waals surface area contributed by atoms with E-state index >= 15 is 0 Å². The zero-order valence-electron chi connectivity index (χ0n) is 11.4. The molecule has 0 radical (unpaired) electrons. The third kappa shape index (κ3) is 8.60. The van der Waals surface area contributed by atoms with E-state index in [1.165, 1.54) is 0 Å². The molecule has 0 atom stereocenters. The maximum Gasteiger partial charge on any atom is 0.314 e. The number of hydrogen-bond donors (Lipinski definition) is 4. The number of ether oxygens (including phenoxy) is 2. The van der Waals surface area contributed by atoms with E-state index in [0.29, 0.717) is 19.0 Å². The maximum atomic E-state index is 9.43. The average Bonchev–Trinajstić information content (AvgIpc) is 2.20. The molecule has 6 N–H and O–H groups in total. The Hall–Kier alpha value is -0.532. The fraction of sp³-hybridized carbons (Fsp3) is 0.818. The predicted molar refractivity (Wildman–Crippen MR) is 66.1 cm³/mol. The van der Waals surface area contributed by atoms with Crippen molar-refractivity contribution in [2.75, 3.05) is 13.1 Å². The Kier molecular flexibility index (Phi) is 12.1. The second-order valence-electron chi connectivity index (χ2n) is 4.45. The van der Waals surface area contributed by atoms with Crippen molar-refractivity contribution in [3.05, 3.63) is 0 Å². The SMILES string of the molecule is CC(C)C1OC(C(CN)CN)O1.O=C(O)CC(=O)O.[Pt]. The third-order valence-electron chi connectivity index (χ3n) is 2.37. The minimum absolute atomic E-state index is 0. The fourth-order valence-corrected chi connectivity index (χ4v) is 1.26. The van der Waals surface area contributed by atoms with Gasteiger partial charge < -0.3 is 31.2 Å². The summed E-state index contributed by atoms with van der Waals surface area (Å²) in [5.41, 5.74) is 11.0. The molecule has 0 aromatic heterocycles. The summed E-state index contributed by atoms with van der Waals surface area (Å²) in [7, 11) is 0. The molecule has 0 spiro atoms. The van der Waals surface area contributed by atoms with Crippen molar-refractivity contribution in [1.82, 2.24) is 0 Å². The summed E-state index contributed by atoms with van der Waals surface area (Å²) in [6.45, 7) is 5.15. The van der Waals surface area contributed by atoms with Gasteiger partial charge in [0.2, 0.25) is 0 Å². The van der Waals surface area contributed by atoms with E-state index < -0.39 is 18.4 Å². The van der Waals surface area contributed by atoms with E-state index in [1.807, 2.05) is 0 Å². The van der Waals surface area contributed by atoms with Gasteiger partial charge in [0.1, 0.15) is 6.42 Å². The number of aliphatic carboxylic acids is 2. The summed E-state index contributed by atoms with van der Waals surface area (Å²) in [6.07, 6.45) is -1.04. The number of hydrogen-bond acceptors (Lipinski definition) is 6. The molecule has 0 unspecified atom stereocenters. The van der Waals surface area contributed by atoms with Gasteiger partial charge in [0, 0.05) is 46.0 Å². The van der Waals surface area contributed by atoms with Crippen molar-refractivity contribution in [3.8, 4) is 0 Å². The first-order chi connectivity index (χ1) is 8.81. The zero-order valence-corrected chi connectivity index (χ0v) is 13.7. The second-order valence-corrected chi connectivity index (χ2v) is 4.45. The summed E-state index contributed by atoms with van der Waals surface area (Å²) < 4.78 is 10.9. The third-order valence-corrected chi connectivity index (χ3v) is 2.37. The maximum absolute atomic E-state index is 9.43. The van der Waals surface area contributed by atoms with Crippen LogP contribution in [-0.2, 0) is 40.1 Å². The van der Waals surface area contributed by atoms with Gasteiger partial charge in [-0.1, -0.05) is 13.8 Å². The van der Waals surface area contributed by atoms with Crippen LogP contribution >= 0.6 is 0 Å². The number of carboxylic acid groups (broad SMARTS) is 2. The molecule has 20 heavy (non-hydrogen) atoms. The van der Waals surface area contributed by atoms with Gasteiger partial charge in [0.15, 0.2) is 12.6 Å².